The second kappa shape index (κ2) is 8.77. The molecule has 1 aliphatic rings. The number of pyridine rings is 1. The number of nitrogens with zero attached hydrogens (tertiary/aromatic N) is 3. The van der Waals surface area contributed by atoms with Crippen molar-refractivity contribution in [1.82, 2.24) is 20.1 Å². The first-order chi connectivity index (χ1) is 13.8. The van der Waals surface area contributed by atoms with Crippen LogP contribution >= 0.6 is 0 Å². The predicted molar refractivity (Wildman–Crippen MR) is 103 cm³/mol. The van der Waals surface area contributed by atoms with E-state index in [0.717, 1.165) is 17.8 Å². The zero-order valence-corrected chi connectivity index (χ0v) is 15.4. The second-order valence-electron chi connectivity index (χ2n) is 6.62. The van der Waals surface area contributed by atoms with Crippen molar-refractivity contribution in [3.05, 3.63) is 78.4 Å². The van der Waals surface area contributed by atoms with Gasteiger partial charge >= 0.3 is 0 Å². The van der Waals surface area contributed by atoms with E-state index in [2.05, 4.69) is 15.4 Å². The van der Waals surface area contributed by atoms with Gasteiger partial charge in [-0.25, -0.2) is 4.68 Å². The Balaban J connectivity index is 1.41. The smallest absolute Gasteiger partial charge is 0.251 e. The molecule has 2 aromatic heterocycles. The number of carbonyl (C=O) groups is 1. The van der Waals surface area contributed by atoms with Crippen LogP contribution in [0.4, 0.5) is 0 Å². The fourth-order valence-electron chi connectivity index (χ4n) is 3.19. The van der Waals surface area contributed by atoms with Gasteiger partial charge < -0.3 is 14.8 Å². The molecule has 0 bridgehead atoms. The van der Waals surface area contributed by atoms with E-state index in [-0.39, 0.29) is 18.1 Å². The third kappa shape index (κ3) is 4.44. The van der Waals surface area contributed by atoms with Gasteiger partial charge in [0.2, 0.25) is 0 Å². The van der Waals surface area contributed by atoms with E-state index in [4.69, 9.17) is 9.47 Å². The molecule has 1 fully saturated rings. The molecule has 7 heteroatoms. The summed E-state index contributed by atoms with van der Waals surface area (Å²) in [4.78, 5) is 17.1. The lowest BCUT2D eigenvalue weighted by atomic mass is 10.1. The maximum absolute atomic E-state index is 12.8. The van der Waals surface area contributed by atoms with Crippen LogP contribution in [0.3, 0.4) is 0 Å². The molecule has 2 atom stereocenters. The quantitative estimate of drug-likeness (QED) is 0.713. The van der Waals surface area contributed by atoms with Crippen LogP contribution < -0.4 is 5.32 Å². The molecule has 0 spiro atoms. The van der Waals surface area contributed by atoms with Crippen molar-refractivity contribution in [1.29, 1.82) is 0 Å². The fraction of sp³-hybridized carbons (Fsp3) is 0.286. The molecular formula is C21H22N4O3. The van der Waals surface area contributed by atoms with Gasteiger partial charge in [0, 0.05) is 30.8 Å². The Bertz CT molecular complexity index is 899. The first-order valence-electron chi connectivity index (χ1n) is 9.30. The van der Waals surface area contributed by atoms with E-state index >= 15 is 0 Å². The van der Waals surface area contributed by atoms with Crippen molar-refractivity contribution in [3.8, 4) is 5.69 Å². The van der Waals surface area contributed by atoms with Crippen molar-refractivity contribution < 1.29 is 14.3 Å². The maximum atomic E-state index is 12.8. The van der Waals surface area contributed by atoms with Gasteiger partial charge in [0.15, 0.2) is 0 Å². The summed E-state index contributed by atoms with van der Waals surface area (Å²) in [5.41, 5.74) is 2.27. The molecule has 1 N–H and O–H groups in total. The number of aromatic nitrogens is 3. The van der Waals surface area contributed by atoms with Gasteiger partial charge in [0.1, 0.15) is 0 Å². The van der Waals surface area contributed by atoms with Crippen molar-refractivity contribution in [2.45, 2.75) is 25.2 Å². The summed E-state index contributed by atoms with van der Waals surface area (Å²) in [6, 6.07) is 14.7. The molecule has 0 radical (unpaired) electrons. The molecule has 4 rings (SSSR count). The molecule has 1 amide bonds. The lowest BCUT2D eigenvalue weighted by molar-refractivity contribution is -0.0612. The van der Waals surface area contributed by atoms with Crippen molar-refractivity contribution in [2.24, 2.45) is 0 Å². The number of benzene rings is 1. The standard InChI is InChI=1S/C21H22N4O3/c26-21(16-5-3-7-18(13-16)25-11-4-10-23-25)24-19-15-27-12-8-20(19)28-14-17-6-1-2-9-22-17/h1-7,9-11,13,19-20H,8,12,14-15H2,(H,24,26)/t19-,20+/m1/s1. The molecule has 3 aromatic rings. The molecule has 0 aliphatic carbocycles. The summed E-state index contributed by atoms with van der Waals surface area (Å²) < 4.78 is 13.3. The average Bonchev–Trinajstić information content (AvgIpc) is 3.29. The van der Waals surface area contributed by atoms with Crippen molar-refractivity contribution in [3.63, 3.8) is 0 Å². The summed E-state index contributed by atoms with van der Waals surface area (Å²) in [6.45, 7) is 1.46. The topological polar surface area (TPSA) is 78.3 Å². The molecule has 3 heterocycles. The highest BCUT2D eigenvalue weighted by Gasteiger charge is 2.28. The Morgan fingerprint density at radius 3 is 3.00 bits per heavy atom. The van der Waals surface area contributed by atoms with Crippen LogP contribution in [0.2, 0.25) is 0 Å². The molecule has 1 saturated heterocycles. The molecule has 0 unspecified atom stereocenters. The van der Waals surface area contributed by atoms with Crippen LogP contribution in [-0.2, 0) is 16.1 Å². The van der Waals surface area contributed by atoms with Crippen LogP contribution in [0.5, 0.6) is 0 Å². The first-order valence-corrected chi connectivity index (χ1v) is 9.30. The third-order valence-electron chi connectivity index (χ3n) is 4.66. The summed E-state index contributed by atoms with van der Waals surface area (Å²) >= 11 is 0. The summed E-state index contributed by atoms with van der Waals surface area (Å²) in [7, 11) is 0. The lowest BCUT2D eigenvalue weighted by Gasteiger charge is -2.32. The first kappa shape index (κ1) is 18.3. The highest BCUT2D eigenvalue weighted by Crippen LogP contribution is 2.16. The Kier molecular flexibility index (Phi) is 5.75. The largest absolute Gasteiger partial charge is 0.379 e. The minimum atomic E-state index is -0.210. The zero-order valence-electron chi connectivity index (χ0n) is 15.4. The van der Waals surface area contributed by atoms with Crippen molar-refractivity contribution in [2.75, 3.05) is 13.2 Å². The van der Waals surface area contributed by atoms with E-state index < -0.39 is 0 Å². The number of rotatable bonds is 6. The summed E-state index contributed by atoms with van der Waals surface area (Å²) in [5, 5.41) is 7.26. The Hall–Kier alpha value is -3.03. The Morgan fingerprint density at radius 2 is 2.18 bits per heavy atom. The molecular weight excluding hydrogens is 356 g/mol. The summed E-state index contributed by atoms with van der Waals surface area (Å²) in [6.07, 6.45) is 5.90. The van der Waals surface area contributed by atoms with E-state index in [1.807, 2.05) is 48.7 Å². The van der Waals surface area contributed by atoms with Crippen LogP contribution in [-0.4, -0.2) is 46.0 Å². The zero-order chi connectivity index (χ0) is 19.2. The predicted octanol–water partition coefficient (Wildman–Crippen LogP) is 2.37. The second-order valence-corrected chi connectivity index (χ2v) is 6.62. The highest BCUT2D eigenvalue weighted by molar-refractivity contribution is 5.95. The normalized spacial score (nSPS) is 19.3. The van der Waals surface area contributed by atoms with Gasteiger partial charge in [0.25, 0.3) is 5.91 Å². The van der Waals surface area contributed by atoms with Gasteiger partial charge in [-0.2, -0.15) is 5.10 Å². The number of hydrogen-bond acceptors (Lipinski definition) is 5. The molecule has 28 heavy (non-hydrogen) atoms. The lowest BCUT2D eigenvalue weighted by Crippen LogP contribution is -2.50. The Labute approximate surface area is 163 Å². The van der Waals surface area contributed by atoms with Gasteiger partial charge in [0.05, 0.1) is 36.7 Å². The van der Waals surface area contributed by atoms with E-state index in [1.165, 1.54) is 0 Å². The van der Waals surface area contributed by atoms with Crippen LogP contribution in [0.15, 0.2) is 67.1 Å². The maximum Gasteiger partial charge on any atom is 0.251 e. The summed E-state index contributed by atoms with van der Waals surface area (Å²) in [5.74, 6) is -0.157. The monoisotopic (exact) mass is 378 g/mol. The minimum absolute atomic E-state index is 0.117. The molecule has 1 aliphatic heterocycles. The van der Waals surface area contributed by atoms with Gasteiger partial charge in [-0.05, 0) is 42.8 Å². The highest BCUT2D eigenvalue weighted by atomic mass is 16.5. The van der Waals surface area contributed by atoms with Crippen molar-refractivity contribution >= 4 is 5.91 Å². The third-order valence-corrected chi connectivity index (χ3v) is 4.66. The van der Waals surface area contributed by atoms with E-state index in [1.54, 1.807) is 23.1 Å². The average molecular weight is 378 g/mol. The molecule has 7 nitrogen and oxygen atoms in total. The fourth-order valence-corrected chi connectivity index (χ4v) is 3.19. The number of nitrogens with one attached hydrogen (secondary N) is 1. The van der Waals surface area contributed by atoms with Crippen LogP contribution in [0.1, 0.15) is 22.5 Å². The number of amides is 1. The van der Waals surface area contributed by atoms with Gasteiger partial charge in [-0.15, -0.1) is 0 Å². The number of ether oxygens (including phenoxy) is 2. The Morgan fingerprint density at radius 1 is 1.21 bits per heavy atom. The van der Waals surface area contributed by atoms with Gasteiger partial charge in [-0.1, -0.05) is 12.1 Å². The molecule has 0 saturated carbocycles. The molecule has 144 valence electrons. The SMILES string of the molecule is O=C(N[C@@H]1COCC[C@@H]1OCc1ccccn1)c1cccc(-n2cccn2)c1. The van der Waals surface area contributed by atoms with Crippen LogP contribution in [0.25, 0.3) is 5.69 Å². The van der Waals surface area contributed by atoms with Crippen LogP contribution in [0, 0.1) is 0 Å². The van der Waals surface area contributed by atoms with E-state index in [0.29, 0.717) is 25.4 Å². The number of carbonyl (C=O) groups excluding carboxylic acids is 1. The molecule has 1 aromatic carbocycles. The van der Waals surface area contributed by atoms with E-state index in [9.17, 15) is 4.79 Å². The van der Waals surface area contributed by atoms with Gasteiger partial charge in [-0.3, -0.25) is 9.78 Å². The minimum Gasteiger partial charge on any atom is -0.379 e. The number of hydrogen-bond donors (Lipinski definition) is 1.